The molecule has 15 aromatic rings. The van der Waals surface area contributed by atoms with Crippen LogP contribution in [0.25, 0.3) is 110 Å². The van der Waals surface area contributed by atoms with E-state index in [1.807, 2.05) is 0 Å². The maximum atomic E-state index is 2.46. The van der Waals surface area contributed by atoms with Crippen molar-refractivity contribution in [3.8, 4) is 66.8 Å². The van der Waals surface area contributed by atoms with Crippen LogP contribution in [0.2, 0.25) is 0 Å². The molecule has 0 atom stereocenters. The number of hydrogen-bond acceptors (Lipinski definition) is 2. The van der Waals surface area contributed by atoms with Crippen molar-refractivity contribution in [3.63, 3.8) is 0 Å². The lowest BCUT2D eigenvalue weighted by Gasteiger charge is -2.28. The van der Waals surface area contributed by atoms with Crippen LogP contribution in [0.5, 0.6) is 0 Å². The second kappa shape index (κ2) is 20.8. The Hall–Kier alpha value is -11.1. The first-order chi connectivity index (χ1) is 44.1. The van der Waals surface area contributed by atoms with Crippen LogP contribution in [0.4, 0.5) is 34.1 Å². The second-order valence-corrected chi connectivity index (χ2v) is 25.6. The van der Waals surface area contributed by atoms with Gasteiger partial charge >= 0.3 is 0 Å². The molecule has 0 aliphatic heterocycles. The smallest absolute Gasteiger partial charge is 0.0468 e. The van der Waals surface area contributed by atoms with E-state index in [2.05, 4.69) is 353 Å². The second-order valence-electron chi connectivity index (χ2n) is 25.6. The lowest BCUT2D eigenvalue weighted by molar-refractivity contribution is 0.660. The zero-order valence-electron chi connectivity index (χ0n) is 50.9. The maximum Gasteiger partial charge on any atom is 0.0468 e. The van der Waals surface area contributed by atoms with E-state index in [1.54, 1.807) is 0 Å². The van der Waals surface area contributed by atoms with E-state index in [0.717, 1.165) is 34.1 Å². The number of fused-ring (bicyclic) bond motifs is 10. The molecular formula is C88H64N2. The van der Waals surface area contributed by atoms with E-state index in [9.17, 15) is 0 Å². The molecule has 0 bridgehead atoms. The van der Waals surface area contributed by atoms with Gasteiger partial charge in [-0.15, -0.1) is 0 Å². The monoisotopic (exact) mass is 1150 g/mol. The normalized spacial score (nSPS) is 13.3. The molecule has 0 spiro atoms. The highest BCUT2D eigenvalue weighted by Gasteiger charge is 2.37. The molecule has 15 aromatic carbocycles. The van der Waals surface area contributed by atoms with E-state index in [0.29, 0.717) is 0 Å². The molecule has 0 aromatic heterocycles. The van der Waals surface area contributed by atoms with Crippen molar-refractivity contribution < 1.29 is 0 Å². The van der Waals surface area contributed by atoms with Crippen molar-refractivity contribution in [2.75, 3.05) is 9.80 Å². The van der Waals surface area contributed by atoms with Gasteiger partial charge in [0, 0.05) is 45.0 Å². The summed E-state index contributed by atoms with van der Waals surface area (Å²) in [7, 11) is 0. The van der Waals surface area contributed by atoms with Gasteiger partial charge in [-0.3, -0.25) is 0 Å². The van der Waals surface area contributed by atoms with Crippen LogP contribution < -0.4 is 9.80 Å². The minimum absolute atomic E-state index is 0.0813. The summed E-state index contributed by atoms with van der Waals surface area (Å²) in [6, 6.07) is 118. The van der Waals surface area contributed by atoms with Gasteiger partial charge < -0.3 is 9.80 Å². The Bertz CT molecular complexity index is 5010. The van der Waals surface area contributed by atoms with E-state index >= 15 is 0 Å². The molecule has 2 aliphatic carbocycles. The Morgan fingerprint density at radius 2 is 0.522 bits per heavy atom. The molecule has 426 valence electrons. The average molecular weight is 1150 g/mol. The number of nitrogens with zero attached hydrogens (tertiary/aromatic N) is 2. The van der Waals surface area contributed by atoms with Crippen molar-refractivity contribution in [2.24, 2.45) is 0 Å². The van der Waals surface area contributed by atoms with Crippen molar-refractivity contribution >= 4 is 77.2 Å². The molecule has 2 heteroatoms. The molecule has 0 fully saturated rings. The third kappa shape index (κ3) is 8.62. The Kier molecular flexibility index (Phi) is 12.3. The average Bonchev–Trinajstić information content (AvgIpc) is 1.59. The Morgan fingerprint density at radius 1 is 0.200 bits per heavy atom. The molecule has 90 heavy (non-hydrogen) atoms. The Balaban J connectivity index is 0.848. The minimum atomic E-state index is -0.0813. The maximum absolute atomic E-state index is 2.46. The van der Waals surface area contributed by atoms with Gasteiger partial charge in [0.1, 0.15) is 0 Å². The minimum Gasteiger partial charge on any atom is -0.310 e. The van der Waals surface area contributed by atoms with Crippen LogP contribution in [0.1, 0.15) is 49.9 Å². The quantitative estimate of drug-likeness (QED) is 0.126. The van der Waals surface area contributed by atoms with Crippen molar-refractivity contribution in [1.29, 1.82) is 0 Å². The lowest BCUT2D eigenvalue weighted by atomic mass is 9.81. The molecule has 0 radical (unpaired) electrons. The summed E-state index contributed by atoms with van der Waals surface area (Å²) in [4.78, 5) is 4.85. The summed E-state index contributed by atoms with van der Waals surface area (Å²) < 4.78 is 0. The molecule has 0 saturated carbocycles. The fourth-order valence-corrected chi connectivity index (χ4v) is 15.2. The summed E-state index contributed by atoms with van der Waals surface area (Å²) >= 11 is 0. The van der Waals surface area contributed by atoms with Crippen molar-refractivity contribution in [3.05, 3.63) is 338 Å². The van der Waals surface area contributed by atoms with Crippen LogP contribution >= 0.6 is 0 Å². The van der Waals surface area contributed by atoms with Gasteiger partial charge in [0.05, 0.1) is 0 Å². The SMILES string of the molecule is CC1(C)c2ccccc2-c2ccc(-c3ccc(N(c4ccccc4)c4ccc5c(-c6ccc7ccccc7c6)c6cc(N(c7ccccc7)c7ccc(-c8ccc9c(c8)C(C)(C)c8ccccc8-9)cc7)ccc6c(-c6ccc7ccccc7c6)c5c4)cc3)cc21. The molecule has 17 rings (SSSR count). The molecular weight excluding hydrogens is 1080 g/mol. The van der Waals surface area contributed by atoms with Gasteiger partial charge in [0.25, 0.3) is 0 Å². The van der Waals surface area contributed by atoms with Crippen LogP contribution in [0.15, 0.2) is 315 Å². The summed E-state index contributed by atoms with van der Waals surface area (Å²) in [5.41, 5.74) is 26.8. The van der Waals surface area contributed by atoms with E-state index in [1.165, 1.54) is 132 Å². The van der Waals surface area contributed by atoms with Gasteiger partial charge in [0.15, 0.2) is 0 Å². The summed E-state index contributed by atoms with van der Waals surface area (Å²) in [5.74, 6) is 0. The first-order valence-corrected chi connectivity index (χ1v) is 31.5. The number of benzene rings is 15. The molecule has 0 unspecified atom stereocenters. The molecule has 2 aliphatic rings. The summed E-state index contributed by atoms with van der Waals surface area (Å²) in [6.07, 6.45) is 0. The first kappa shape index (κ1) is 53.2. The number of para-hydroxylation sites is 2. The van der Waals surface area contributed by atoms with Gasteiger partial charge in [-0.25, -0.2) is 0 Å². The Labute approximate surface area is 526 Å². The highest BCUT2D eigenvalue weighted by Crippen LogP contribution is 2.53. The van der Waals surface area contributed by atoms with Gasteiger partial charge in [-0.2, -0.15) is 0 Å². The summed E-state index contributed by atoms with van der Waals surface area (Å²) in [6.45, 7) is 9.43. The lowest BCUT2D eigenvalue weighted by Crippen LogP contribution is -2.14. The van der Waals surface area contributed by atoms with Gasteiger partial charge in [-0.05, 0) is 229 Å². The number of rotatable bonds is 10. The molecule has 0 amide bonds. The molecule has 2 nitrogen and oxygen atoms in total. The molecule has 0 N–H and O–H groups in total. The molecule has 0 heterocycles. The van der Waals surface area contributed by atoms with Crippen LogP contribution in [0, 0.1) is 0 Å². The highest BCUT2D eigenvalue weighted by molar-refractivity contribution is 6.23. The highest BCUT2D eigenvalue weighted by atomic mass is 15.1. The van der Waals surface area contributed by atoms with E-state index in [4.69, 9.17) is 0 Å². The van der Waals surface area contributed by atoms with Crippen LogP contribution in [0.3, 0.4) is 0 Å². The fraction of sp³-hybridized carbons (Fsp3) is 0.0682. The zero-order chi connectivity index (χ0) is 60.2. The van der Waals surface area contributed by atoms with Crippen molar-refractivity contribution in [2.45, 2.75) is 38.5 Å². The predicted molar refractivity (Wildman–Crippen MR) is 383 cm³/mol. The molecule has 0 saturated heterocycles. The van der Waals surface area contributed by atoms with Crippen molar-refractivity contribution in [1.82, 2.24) is 0 Å². The predicted octanol–water partition coefficient (Wildman–Crippen LogP) is 24.5. The zero-order valence-corrected chi connectivity index (χ0v) is 50.9. The third-order valence-corrected chi connectivity index (χ3v) is 19.8. The number of hydrogen-bond donors (Lipinski definition) is 0. The standard InChI is InChI=1S/C88H64N2/c1-87(2)81-29-17-15-27-73(81)75-47-39-63(53-83(75)87)59-35-41-69(42-36-59)89(67-23-7-5-8-24-67)71-45-49-77-79(55-71)85(65-33-31-57-19-11-13-21-61(57)51-65)78-50-46-72(56-80(78)86(77)66-34-32-58-20-12-14-22-62(58)52-66)90(68-25-9-6-10-26-68)70-43-37-60(38-44-70)64-40-48-76-74-28-16-18-30-82(74)88(3,4)84(76)54-64/h5-56H,1-4H3. The fourth-order valence-electron chi connectivity index (χ4n) is 15.2. The van der Waals surface area contributed by atoms with Crippen LogP contribution in [-0.2, 0) is 10.8 Å². The van der Waals surface area contributed by atoms with E-state index < -0.39 is 0 Å². The van der Waals surface area contributed by atoms with Gasteiger partial charge in [0.2, 0.25) is 0 Å². The van der Waals surface area contributed by atoms with Gasteiger partial charge in [-0.1, -0.05) is 246 Å². The Morgan fingerprint density at radius 3 is 0.944 bits per heavy atom. The van der Waals surface area contributed by atoms with E-state index in [-0.39, 0.29) is 10.8 Å². The van der Waals surface area contributed by atoms with Crippen LogP contribution in [-0.4, -0.2) is 0 Å². The topological polar surface area (TPSA) is 6.48 Å². The first-order valence-electron chi connectivity index (χ1n) is 31.5. The largest absolute Gasteiger partial charge is 0.310 e. The summed E-state index contributed by atoms with van der Waals surface area (Å²) in [5, 5.41) is 9.57. The third-order valence-electron chi connectivity index (χ3n) is 19.8. The number of anilines is 6.